The van der Waals surface area contributed by atoms with E-state index < -0.39 is 0 Å². The normalized spacial score (nSPS) is 19.8. The van der Waals surface area contributed by atoms with Crippen molar-refractivity contribution in [1.82, 2.24) is 14.9 Å². The van der Waals surface area contributed by atoms with Crippen LogP contribution in [0.1, 0.15) is 60.6 Å². The van der Waals surface area contributed by atoms with E-state index in [9.17, 15) is 9.18 Å². The van der Waals surface area contributed by atoms with E-state index in [1.165, 1.54) is 31.4 Å². The summed E-state index contributed by atoms with van der Waals surface area (Å²) in [5.74, 6) is 2.22. The molecule has 3 aliphatic rings. The van der Waals surface area contributed by atoms with Crippen molar-refractivity contribution >= 4 is 17.7 Å². The van der Waals surface area contributed by atoms with Crippen LogP contribution in [0.15, 0.2) is 24.3 Å². The van der Waals surface area contributed by atoms with Crippen LogP contribution >= 0.6 is 0 Å². The van der Waals surface area contributed by atoms with Gasteiger partial charge in [0, 0.05) is 50.3 Å². The Bertz CT molecular complexity index is 965. The van der Waals surface area contributed by atoms with Gasteiger partial charge in [0.1, 0.15) is 11.6 Å². The van der Waals surface area contributed by atoms with E-state index in [0.717, 1.165) is 74.4 Å². The number of rotatable bonds is 3. The Kier molecular flexibility index (Phi) is 5.98. The zero-order valence-corrected chi connectivity index (χ0v) is 18.9. The monoisotopic (exact) mass is 437 g/mol. The molecule has 0 atom stereocenters. The summed E-state index contributed by atoms with van der Waals surface area (Å²) in [4.78, 5) is 29.8. The van der Waals surface area contributed by atoms with Crippen LogP contribution in [0.2, 0.25) is 0 Å². The molecule has 2 fully saturated rings. The van der Waals surface area contributed by atoms with E-state index in [-0.39, 0.29) is 11.7 Å². The molecule has 32 heavy (non-hydrogen) atoms. The predicted octanol–water partition coefficient (Wildman–Crippen LogP) is 4.04. The second-order valence-electron chi connectivity index (χ2n) is 9.47. The summed E-state index contributed by atoms with van der Waals surface area (Å²) in [5, 5.41) is 0. The maximum Gasteiger partial charge on any atom is 0.254 e. The summed E-state index contributed by atoms with van der Waals surface area (Å²) in [7, 11) is 0. The minimum atomic E-state index is -0.328. The molecule has 2 aromatic rings. The van der Waals surface area contributed by atoms with E-state index in [1.54, 1.807) is 12.1 Å². The minimum absolute atomic E-state index is 0.0611. The number of nitrogens with zero attached hydrogens (tertiary/aromatic N) is 5. The molecule has 0 bridgehead atoms. The lowest BCUT2D eigenvalue weighted by Gasteiger charge is -2.37. The van der Waals surface area contributed by atoms with E-state index in [4.69, 9.17) is 9.97 Å². The van der Waals surface area contributed by atoms with Gasteiger partial charge in [0.05, 0.1) is 12.2 Å². The Balaban J connectivity index is 1.46. The van der Waals surface area contributed by atoms with Gasteiger partial charge in [-0.15, -0.1) is 0 Å². The Morgan fingerprint density at radius 1 is 0.938 bits per heavy atom. The average molecular weight is 438 g/mol. The van der Waals surface area contributed by atoms with Gasteiger partial charge in [0.15, 0.2) is 0 Å². The number of aromatic nitrogens is 2. The highest BCUT2D eigenvalue weighted by Crippen LogP contribution is 2.32. The molecule has 3 aliphatic heterocycles. The number of carbonyl (C=O) groups is 1. The fourth-order valence-corrected chi connectivity index (χ4v) is 5.05. The highest BCUT2D eigenvalue weighted by molar-refractivity contribution is 5.94. The molecule has 170 valence electrons. The van der Waals surface area contributed by atoms with Crippen molar-refractivity contribution in [2.45, 2.75) is 52.0 Å². The largest absolute Gasteiger partial charge is 0.356 e. The van der Waals surface area contributed by atoms with Crippen molar-refractivity contribution in [3.63, 3.8) is 0 Å². The van der Waals surface area contributed by atoms with Crippen molar-refractivity contribution < 1.29 is 9.18 Å². The molecule has 0 aliphatic carbocycles. The van der Waals surface area contributed by atoms with Gasteiger partial charge in [-0.25, -0.2) is 9.37 Å². The molecule has 1 amide bonds. The van der Waals surface area contributed by atoms with Gasteiger partial charge in [-0.05, 0) is 62.3 Å². The highest BCUT2D eigenvalue weighted by Gasteiger charge is 2.30. The fraction of sp³-hybridized carbons (Fsp3) is 0.560. The van der Waals surface area contributed by atoms with Gasteiger partial charge < -0.3 is 14.7 Å². The summed E-state index contributed by atoms with van der Waals surface area (Å²) in [6, 6.07) is 5.82. The Morgan fingerprint density at radius 2 is 1.66 bits per heavy atom. The van der Waals surface area contributed by atoms with Crippen molar-refractivity contribution in [2.24, 2.45) is 5.92 Å². The van der Waals surface area contributed by atoms with Gasteiger partial charge in [0.25, 0.3) is 5.91 Å². The molecule has 0 saturated carbocycles. The number of anilines is 2. The van der Waals surface area contributed by atoms with Crippen LogP contribution < -0.4 is 9.80 Å². The number of benzene rings is 1. The quantitative estimate of drug-likeness (QED) is 0.725. The number of amides is 1. The van der Waals surface area contributed by atoms with Gasteiger partial charge in [-0.1, -0.05) is 6.92 Å². The number of carbonyl (C=O) groups excluding carboxylic acids is 1. The number of piperidine rings is 2. The molecule has 4 heterocycles. The first-order valence-corrected chi connectivity index (χ1v) is 12.0. The smallest absolute Gasteiger partial charge is 0.254 e. The van der Waals surface area contributed by atoms with Crippen LogP contribution in [0.25, 0.3) is 0 Å². The summed E-state index contributed by atoms with van der Waals surface area (Å²) >= 11 is 0. The minimum Gasteiger partial charge on any atom is -0.356 e. The van der Waals surface area contributed by atoms with Crippen LogP contribution in [-0.4, -0.2) is 53.5 Å². The van der Waals surface area contributed by atoms with E-state index in [2.05, 4.69) is 16.7 Å². The average Bonchev–Trinajstić information content (AvgIpc) is 2.84. The molecule has 1 aromatic heterocycles. The Morgan fingerprint density at radius 3 is 2.38 bits per heavy atom. The summed E-state index contributed by atoms with van der Waals surface area (Å²) < 4.78 is 13.3. The Hall–Kier alpha value is -2.70. The van der Waals surface area contributed by atoms with Crippen LogP contribution in [0, 0.1) is 11.7 Å². The molecule has 0 unspecified atom stereocenters. The second kappa shape index (κ2) is 9.04. The third-order valence-corrected chi connectivity index (χ3v) is 7.13. The van der Waals surface area contributed by atoms with Crippen molar-refractivity contribution in [1.29, 1.82) is 0 Å². The lowest BCUT2D eigenvalue weighted by molar-refractivity contribution is 0.0733. The lowest BCUT2D eigenvalue weighted by atomic mass is 9.98. The first-order chi connectivity index (χ1) is 15.6. The van der Waals surface area contributed by atoms with Gasteiger partial charge in [-0.3, -0.25) is 4.79 Å². The lowest BCUT2D eigenvalue weighted by Crippen LogP contribution is -2.41. The molecular formula is C25H32FN5O. The summed E-state index contributed by atoms with van der Waals surface area (Å²) in [6.45, 7) is 7.47. The van der Waals surface area contributed by atoms with Crippen molar-refractivity contribution in [3.8, 4) is 0 Å². The zero-order valence-electron chi connectivity index (χ0n) is 18.9. The second-order valence-corrected chi connectivity index (χ2v) is 9.47. The van der Waals surface area contributed by atoms with E-state index in [1.807, 2.05) is 4.90 Å². The fourth-order valence-electron chi connectivity index (χ4n) is 5.05. The standard InChI is InChI=1S/C25H32FN5O/c1-18-9-14-29(15-10-18)23-21-17-31(24(32)19-5-7-20(26)8-6-19)16-11-22(21)27-25(28-23)30-12-3-2-4-13-30/h5-8,18H,2-4,9-17H2,1H3. The summed E-state index contributed by atoms with van der Waals surface area (Å²) in [5.41, 5.74) is 2.69. The number of hydrogen-bond donors (Lipinski definition) is 0. The third-order valence-electron chi connectivity index (χ3n) is 7.13. The molecule has 0 radical (unpaired) electrons. The summed E-state index contributed by atoms with van der Waals surface area (Å²) in [6.07, 6.45) is 6.71. The number of halogens is 1. The van der Waals surface area contributed by atoms with Crippen molar-refractivity contribution in [3.05, 3.63) is 46.9 Å². The molecule has 0 N–H and O–H groups in total. The molecule has 1 aromatic carbocycles. The van der Waals surface area contributed by atoms with Crippen molar-refractivity contribution in [2.75, 3.05) is 42.5 Å². The van der Waals surface area contributed by atoms with E-state index >= 15 is 0 Å². The van der Waals surface area contributed by atoms with Gasteiger partial charge in [-0.2, -0.15) is 4.98 Å². The molecule has 5 rings (SSSR count). The predicted molar refractivity (Wildman–Crippen MR) is 124 cm³/mol. The number of hydrogen-bond acceptors (Lipinski definition) is 5. The molecule has 6 nitrogen and oxygen atoms in total. The molecule has 0 spiro atoms. The van der Waals surface area contributed by atoms with Gasteiger partial charge >= 0.3 is 0 Å². The SMILES string of the molecule is CC1CCN(c2nc(N3CCCCC3)nc3c2CN(C(=O)c2ccc(F)cc2)CC3)CC1. The Labute approximate surface area is 189 Å². The molecule has 7 heteroatoms. The van der Waals surface area contributed by atoms with Gasteiger partial charge in [0.2, 0.25) is 5.95 Å². The third kappa shape index (κ3) is 4.30. The molecular weight excluding hydrogens is 405 g/mol. The van der Waals surface area contributed by atoms with Crippen LogP contribution in [0.4, 0.5) is 16.2 Å². The zero-order chi connectivity index (χ0) is 22.1. The topological polar surface area (TPSA) is 52.6 Å². The molecule has 2 saturated heterocycles. The first-order valence-electron chi connectivity index (χ1n) is 12.0. The first kappa shape index (κ1) is 21.2. The highest BCUT2D eigenvalue weighted by atomic mass is 19.1. The maximum absolute atomic E-state index is 13.3. The maximum atomic E-state index is 13.3. The van der Waals surface area contributed by atoms with Crippen LogP contribution in [0.5, 0.6) is 0 Å². The number of fused-ring (bicyclic) bond motifs is 1. The van der Waals surface area contributed by atoms with Crippen LogP contribution in [-0.2, 0) is 13.0 Å². The van der Waals surface area contributed by atoms with Crippen LogP contribution in [0.3, 0.4) is 0 Å². The van der Waals surface area contributed by atoms with E-state index in [0.29, 0.717) is 18.7 Å².